The third kappa shape index (κ3) is 10.9. The van der Waals surface area contributed by atoms with Gasteiger partial charge in [0.15, 0.2) is 0 Å². The Kier molecular flexibility index (Phi) is 14.0. The monoisotopic (exact) mass is 752 g/mol. The Labute approximate surface area is 308 Å². The molecule has 1 aliphatic heterocycles. The lowest BCUT2D eigenvalue weighted by Gasteiger charge is -2.26. The van der Waals surface area contributed by atoms with E-state index in [0.717, 1.165) is 52.2 Å². The number of carbonyl (C=O) groups excluding carboxylic acids is 2. The standard InChI is InChI=1S/C24H24N2O.C9H8BrClO.C9H10O2/c1-17-11-13-20(14-12-17)23(25-21-9-5-3-7-18(21)2)24(27)26-16-15-19-8-4-6-10-22(19)26;1-6-2-4-7(5-3-6)8(10)9(11)12;1-7-2-4-8(5-3-7)6-9(10)11/h3-14,23,25H,15-16H2,1-2H3;2-5,8H,1H3;2-5H,6H2,1H3,(H,10,11). The second-order valence-electron chi connectivity index (χ2n) is 12.3. The average Bonchev–Trinajstić information content (AvgIpc) is 3.54. The normalized spacial score (nSPS) is 12.6. The van der Waals surface area contributed by atoms with Crippen LogP contribution in [0.25, 0.3) is 0 Å². The van der Waals surface area contributed by atoms with Gasteiger partial charge in [-0.1, -0.05) is 142 Å². The van der Waals surface area contributed by atoms with E-state index in [1.54, 1.807) is 0 Å². The van der Waals surface area contributed by atoms with Gasteiger partial charge in [0, 0.05) is 17.9 Å². The Morgan fingerprint density at radius 2 is 1.26 bits per heavy atom. The molecule has 0 spiro atoms. The minimum absolute atomic E-state index is 0.0899. The molecule has 1 amide bonds. The molecule has 6 rings (SSSR count). The summed E-state index contributed by atoms with van der Waals surface area (Å²) in [6.07, 6.45) is 1.02. The molecule has 1 heterocycles. The lowest BCUT2D eigenvalue weighted by atomic mass is 10.0. The van der Waals surface area contributed by atoms with Crippen LogP contribution < -0.4 is 10.2 Å². The molecule has 2 atom stereocenters. The number of nitrogens with one attached hydrogen (secondary N) is 1. The Balaban J connectivity index is 0.000000202. The molecule has 5 aromatic carbocycles. The molecule has 2 unspecified atom stereocenters. The Hall–Kier alpha value is -4.72. The number of alkyl halides is 1. The first-order chi connectivity index (χ1) is 23.9. The minimum Gasteiger partial charge on any atom is -0.481 e. The van der Waals surface area contributed by atoms with E-state index < -0.39 is 12.0 Å². The van der Waals surface area contributed by atoms with E-state index in [4.69, 9.17) is 16.7 Å². The van der Waals surface area contributed by atoms with Crippen LogP contribution in [0.1, 0.15) is 55.4 Å². The largest absolute Gasteiger partial charge is 0.481 e. The lowest BCUT2D eigenvalue weighted by molar-refractivity contribution is -0.136. The fraction of sp³-hybridized carbons (Fsp3) is 0.214. The van der Waals surface area contributed by atoms with Crippen molar-refractivity contribution in [2.75, 3.05) is 16.8 Å². The van der Waals surface area contributed by atoms with Crippen molar-refractivity contribution in [3.8, 4) is 0 Å². The highest BCUT2D eigenvalue weighted by atomic mass is 79.9. The van der Waals surface area contributed by atoms with E-state index in [0.29, 0.717) is 0 Å². The molecule has 0 saturated heterocycles. The fourth-order valence-electron chi connectivity index (χ4n) is 5.41. The van der Waals surface area contributed by atoms with E-state index in [-0.39, 0.29) is 22.4 Å². The van der Waals surface area contributed by atoms with Gasteiger partial charge in [0.1, 0.15) is 10.9 Å². The van der Waals surface area contributed by atoms with E-state index in [2.05, 4.69) is 59.4 Å². The highest BCUT2D eigenvalue weighted by molar-refractivity contribution is 9.09. The molecule has 0 bridgehead atoms. The second kappa shape index (κ2) is 18.3. The number of carboxylic acid groups (broad SMARTS) is 1. The van der Waals surface area contributed by atoms with Crippen LogP contribution in [0.5, 0.6) is 0 Å². The molecule has 8 heteroatoms. The van der Waals surface area contributed by atoms with Crippen LogP contribution in [0.2, 0.25) is 0 Å². The number of para-hydroxylation sites is 2. The van der Waals surface area contributed by atoms with Crippen LogP contribution in [0.15, 0.2) is 121 Å². The zero-order chi connectivity index (χ0) is 36.2. The number of aryl methyl sites for hydroxylation is 4. The first-order valence-electron chi connectivity index (χ1n) is 16.4. The maximum Gasteiger partial charge on any atom is 0.307 e. The van der Waals surface area contributed by atoms with Crippen LogP contribution in [0.3, 0.4) is 0 Å². The number of nitrogens with zero attached hydrogens (tertiary/aromatic N) is 1. The Bertz CT molecular complexity index is 1890. The van der Waals surface area contributed by atoms with Gasteiger partial charge >= 0.3 is 5.97 Å². The maximum absolute atomic E-state index is 13.6. The molecule has 2 N–H and O–H groups in total. The Morgan fingerprint density at radius 1 is 0.740 bits per heavy atom. The third-order valence-electron chi connectivity index (χ3n) is 8.30. The quantitative estimate of drug-likeness (QED) is 0.122. The number of carbonyl (C=O) groups is 3. The number of halogens is 2. The van der Waals surface area contributed by atoms with Crippen LogP contribution in [-0.2, 0) is 27.2 Å². The zero-order valence-electron chi connectivity index (χ0n) is 28.7. The first-order valence-corrected chi connectivity index (χ1v) is 17.7. The second-order valence-corrected chi connectivity index (χ2v) is 13.6. The molecule has 258 valence electrons. The van der Waals surface area contributed by atoms with Crippen LogP contribution in [0, 0.1) is 27.7 Å². The molecule has 0 radical (unpaired) electrons. The minimum atomic E-state index is -0.783. The summed E-state index contributed by atoms with van der Waals surface area (Å²) in [6.45, 7) is 8.83. The number of anilines is 2. The van der Waals surface area contributed by atoms with Gasteiger partial charge in [-0.3, -0.25) is 14.4 Å². The van der Waals surface area contributed by atoms with Crippen molar-refractivity contribution in [3.05, 3.63) is 166 Å². The fourth-order valence-corrected chi connectivity index (χ4v) is 5.84. The SMILES string of the molecule is Cc1ccc(C(Br)C(=O)Cl)cc1.Cc1ccc(C(Nc2ccccc2C)C(=O)N2CCc3ccccc32)cc1.Cc1ccc(CC(=O)O)cc1. The van der Waals surface area contributed by atoms with E-state index in [1.165, 1.54) is 16.7 Å². The van der Waals surface area contributed by atoms with Gasteiger partial charge in [-0.25, -0.2) is 0 Å². The van der Waals surface area contributed by atoms with Crippen molar-refractivity contribution >= 4 is 56.0 Å². The van der Waals surface area contributed by atoms with Crippen molar-refractivity contribution < 1.29 is 19.5 Å². The topological polar surface area (TPSA) is 86.7 Å². The number of amides is 1. The van der Waals surface area contributed by atoms with E-state index in [1.807, 2.05) is 116 Å². The van der Waals surface area contributed by atoms with Crippen molar-refractivity contribution in [2.45, 2.75) is 51.4 Å². The number of aliphatic carboxylic acids is 1. The summed E-state index contributed by atoms with van der Waals surface area (Å²) in [6, 6.07) is 39.3. The number of benzene rings is 5. The number of carboxylic acids is 1. The number of fused-ring (bicyclic) bond motifs is 1. The first kappa shape index (κ1) is 38.1. The molecule has 0 fully saturated rings. The molecule has 6 nitrogen and oxygen atoms in total. The zero-order valence-corrected chi connectivity index (χ0v) is 31.0. The summed E-state index contributed by atoms with van der Waals surface area (Å²) in [7, 11) is 0. The molecule has 0 saturated carbocycles. The van der Waals surface area contributed by atoms with Gasteiger partial charge in [-0.15, -0.1) is 0 Å². The summed E-state index contributed by atoms with van der Waals surface area (Å²) in [5, 5.41) is 11.5. The summed E-state index contributed by atoms with van der Waals surface area (Å²) < 4.78 is 0. The van der Waals surface area contributed by atoms with E-state index in [9.17, 15) is 14.4 Å². The number of hydrogen-bond acceptors (Lipinski definition) is 4. The smallest absolute Gasteiger partial charge is 0.307 e. The van der Waals surface area contributed by atoms with Gasteiger partial charge < -0.3 is 15.3 Å². The van der Waals surface area contributed by atoms with Crippen molar-refractivity contribution in [2.24, 2.45) is 0 Å². The molecule has 0 aromatic heterocycles. The average molecular weight is 754 g/mol. The lowest BCUT2D eigenvalue weighted by Crippen LogP contribution is -2.37. The molecule has 50 heavy (non-hydrogen) atoms. The maximum atomic E-state index is 13.6. The van der Waals surface area contributed by atoms with Gasteiger partial charge in [-0.2, -0.15) is 0 Å². The summed E-state index contributed by atoms with van der Waals surface area (Å²) in [4.78, 5) is 36.1. The number of rotatable bonds is 8. The van der Waals surface area contributed by atoms with Crippen molar-refractivity contribution in [1.29, 1.82) is 0 Å². The highest BCUT2D eigenvalue weighted by Crippen LogP contribution is 2.32. The van der Waals surface area contributed by atoms with Gasteiger partial charge in [0.05, 0.1) is 6.42 Å². The Morgan fingerprint density at radius 3 is 1.82 bits per heavy atom. The molecular weight excluding hydrogens is 712 g/mol. The number of hydrogen-bond donors (Lipinski definition) is 2. The van der Waals surface area contributed by atoms with Gasteiger partial charge in [0.25, 0.3) is 5.91 Å². The molecule has 1 aliphatic rings. The molecular formula is C42H42BrClN2O4. The van der Waals surface area contributed by atoms with Gasteiger partial charge in [-0.05, 0) is 85.7 Å². The van der Waals surface area contributed by atoms with Crippen molar-refractivity contribution in [1.82, 2.24) is 0 Å². The van der Waals surface area contributed by atoms with Gasteiger partial charge in [0.2, 0.25) is 5.24 Å². The highest BCUT2D eigenvalue weighted by Gasteiger charge is 2.31. The summed E-state index contributed by atoms with van der Waals surface area (Å²) in [5.74, 6) is -0.694. The van der Waals surface area contributed by atoms with Crippen molar-refractivity contribution in [3.63, 3.8) is 0 Å². The van der Waals surface area contributed by atoms with Crippen LogP contribution in [0.4, 0.5) is 11.4 Å². The van der Waals surface area contributed by atoms with E-state index >= 15 is 0 Å². The van der Waals surface area contributed by atoms with Crippen LogP contribution >= 0.6 is 27.5 Å². The summed E-state index contributed by atoms with van der Waals surface area (Å²) in [5.41, 5.74) is 10.6. The predicted octanol–water partition coefficient (Wildman–Crippen LogP) is 9.86. The summed E-state index contributed by atoms with van der Waals surface area (Å²) >= 11 is 8.51. The molecule has 5 aromatic rings. The van der Waals surface area contributed by atoms with Crippen LogP contribution in [-0.4, -0.2) is 28.8 Å². The third-order valence-corrected chi connectivity index (χ3v) is 9.73. The molecule has 0 aliphatic carbocycles. The predicted molar refractivity (Wildman–Crippen MR) is 207 cm³/mol.